The molecule has 0 unspecified atom stereocenters. The monoisotopic (exact) mass is 339 g/mol. The highest BCUT2D eigenvalue weighted by molar-refractivity contribution is 5.97. The molecule has 0 bridgehead atoms. The summed E-state index contributed by atoms with van der Waals surface area (Å²) in [6.45, 7) is 2.75. The number of hydrogen-bond acceptors (Lipinski definition) is 4. The summed E-state index contributed by atoms with van der Waals surface area (Å²) in [6.07, 6.45) is 0. The maximum absolute atomic E-state index is 12.3. The third-order valence-electron chi connectivity index (χ3n) is 4.08. The number of rotatable bonds is 6. The Kier molecular flexibility index (Phi) is 4.88. The smallest absolute Gasteiger partial charge is 0.251 e. The second-order valence-corrected chi connectivity index (χ2v) is 5.70. The standard InChI is InChI=1S/C19H21N3O3/c1-13-21-17-12-14(4-9-18(17)22(13)2)19(23)20-10-11-25-16-7-5-15(24-3)6-8-16/h4-9,12H,10-11H2,1-3H3,(H,20,23). The summed E-state index contributed by atoms with van der Waals surface area (Å²) >= 11 is 0. The van der Waals surface area contributed by atoms with Crippen molar-refractivity contribution in [3.05, 3.63) is 53.9 Å². The van der Waals surface area contributed by atoms with Gasteiger partial charge in [0.1, 0.15) is 23.9 Å². The fourth-order valence-electron chi connectivity index (χ4n) is 2.57. The predicted molar refractivity (Wildman–Crippen MR) is 96.3 cm³/mol. The number of nitrogens with one attached hydrogen (secondary N) is 1. The molecular formula is C19H21N3O3. The normalized spacial score (nSPS) is 10.7. The van der Waals surface area contributed by atoms with Crippen molar-refractivity contribution in [2.24, 2.45) is 7.05 Å². The van der Waals surface area contributed by atoms with E-state index in [1.807, 2.05) is 61.0 Å². The molecule has 0 spiro atoms. The molecule has 0 atom stereocenters. The van der Waals surface area contributed by atoms with E-state index in [1.54, 1.807) is 7.11 Å². The largest absolute Gasteiger partial charge is 0.497 e. The van der Waals surface area contributed by atoms with Crippen LogP contribution in [0.5, 0.6) is 11.5 Å². The third kappa shape index (κ3) is 3.74. The molecule has 0 fully saturated rings. The third-order valence-corrected chi connectivity index (χ3v) is 4.08. The highest BCUT2D eigenvalue weighted by Gasteiger charge is 2.09. The minimum absolute atomic E-state index is 0.136. The van der Waals surface area contributed by atoms with Crippen LogP contribution in [0.2, 0.25) is 0 Å². The summed E-state index contributed by atoms with van der Waals surface area (Å²) in [7, 11) is 3.58. The maximum Gasteiger partial charge on any atom is 0.251 e. The van der Waals surface area contributed by atoms with E-state index in [2.05, 4.69) is 10.3 Å². The number of fused-ring (bicyclic) bond motifs is 1. The van der Waals surface area contributed by atoms with E-state index in [4.69, 9.17) is 9.47 Å². The van der Waals surface area contributed by atoms with E-state index < -0.39 is 0 Å². The van der Waals surface area contributed by atoms with E-state index in [9.17, 15) is 4.79 Å². The summed E-state index contributed by atoms with van der Waals surface area (Å²) in [4.78, 5) is 16.7. The minimum Gasteiger partial charge on any atom is -0.497 e. The molecule has 0 aliphatic carbocycles. The van der Waals surface area contributed by atoms with Crippen LogP contribution in [0.15, 0.2) is 42.5 Å². The number of hydrogen-bond donors (Lipinski definition) is 1. The second-order valence-electron chi connectivity index (χ2n) is 5.70. The lowest BCUT2D eigenvalue weighted by Crippen LogP contribution is -2.28. The lowest BCUT2D eigenvalue weighted by molar-refractivity contribution is 0.0947. The van der Waals surface area contributed by atoms with E-state index >= 15 is 0 Å². The zero-order valence-corrected chi connectivity index (χ0v) is 14.6. The highest BCUT2D eigenvalue weighted by Crippen LogP contribution is 2.17. The fraction of sp³-hybridized carbons (Fsp3) is 0.263. The molecular weight excluding hydrogens is 318 g/mol. The van der Waals surface area contributed by atoms with Crippen LogP contribution in [0.4, 0.5) is 0 Å². The van der Waals surface area contributed by atoms with Gasteiger partial charge in [0.2, 0.25) is 0 Å². The van der Waals surface area contributed by atoms with Crippen molar-refractivity contribution in [1.82, 2.24) is 14.9 Å². The van der Waals surface area contributed by atoms with E-state index in [0.717, 1.165) is 28.4 Å². The van der Waals surface area contributed by atoms with Gasteiger partial charge >= 0.3 is 0 Å². The van der Waals surface area contributed by atoms with Crippen LogP contribution in [0.3, 0.4) is 0 Å². The van der Waals surface area contributed by atoms with Gasteiger partial charge in [0.05, 0.1) is 24.7 Å². The molecule has 0 aliphatic heterocycles. The van der Waals surface area contributed by atoms with Crippen LogP contribution < -0.4 is 14.8 Å². The van der Waals surface area contributed by atoms with Crippen LogP contribution in [0.25, 0.3) is 11.0 Å². The molecule has 1 aromatic heterocycles. The van der Waals surface area contributed by atoms with Crippen molar-refractivity contribution in [3.63, 3.8) is 0 Å². The van der Waals surface area contributed by atoms with E-state index in [1.165, 1.54) is 0 Å². The minimum atomic E-state index is -0.136. The Labute approximate surface area is 146 Å². The van der Waals surface area contributed by atoms with Gasteiger partial charge in [-0.25, -0.2) is 4.98 Å². The number of imidazole rings is 1. The Morgan fingerprint density at radius 1 is 1.16 bits per heavy atom. The van der Waals surface area contributed by atoms with Crippen molar-refractivity contribution < 1.29 is 14.3 Å². The molecule has 1 amide bonds. The molecule has 2 aromatic carbocycles. The maximum atomic E-state index is 12.3. The SMILES string of the molecule is COc1ccc(OCCNC(=O)c2ccc3c(c2)nc(C)n3C)cc1. The quantitative estimate of drug-likeness (QED) is 0.701. The number of carbonyl (C=O) groups is 1. The Morgan fingerprint density at radius 2 is 1.88 bits per heavy atom. The Bertz CT molecular complexity index is 885. The van der Waals surface area contributed by atoms with Crippen molar-refractivity contribution in [2.45, 2.75) is 6.92 Å². The Morgan fingerprint density at radius 3 is 2.60 bits per heavy atom. The van der Waals surface area contributed by atoms with Gasteiger partial charge in [-0.15, -0.1) is 0 Å². The molecule has 1 heterocycles. The summed E-state index contributed by atoms with van der Waals surface area (Å²) in [5.41, 5.74) is 2.43. The first kappa shape index (κ1) is 16.8. The van der Waals surface area contributed by atoms with Crippen molar-refractivity contribution >= 4 is 16.9 Å². The molecule has 0 saturated heterocycles. The molecule has 3 rings (SSSR count). The number of carbonyl (C=O) groups excluding carboxylic acids is 1. The van der Waals surface area contributed by atoms with E-state index in [0.29, 0.717) is 18.7 Å². The van der Waals surface area contributed by atoms with Gasteiger partial charge in [-0.1, -0.05) is 0 Å². The van der Waals surface area contributed by atoms with Gasteiger partial charge in [-0.05, 0) is 49.4 Å². The molecule has 1 N–H and O–H groups in total. The molecule has 6 heteroatoms. The molecule has 0 saturated carbocycles. The van der Waals surface area contributed by atoms with Gasteiger partial charge in [-0.2, -0.15) is 0 Å². The topological polar surface area (TPSA) is 65.4 Å². The average Bonchev–Trinajstić information content (AvgIpc) is 2.92. The summed E-state index contributed by atoms with van der Waals surface area (Å²) in [5, 5.41) is 2.85. The Balaban J connectivity index is 1.53. The number of aryl methyl sites for hydroxylation is 2. The van der Waals surface area contributed by atoms with Crippen LogP contribution >= 0.6 is 0 Å². The first-order valence-corrected chi connectivity index (χ1v) is 8.06. The number of amides is 1. The van der Waals surface area contributed by atoms with Crippen molar-refractivity contribution in [1.29, 1.82) is 0 Å². The zero-order chi connectivity index (χ0) is 17.8. The van der Waals surface area contributed by atoms with Crippen LogP contribution in [0.1, 0.15) is 16.2 Å². The van der Waals surface area contributed by atoms with E-state index in [-0.39, 0.29) is 5.91 Å². The van der Waals surface area contributed by atoms with Gasteiger partial charge < -0.3 is 19.4 Å². The lowest BCUT2D eigenvalue weighted by Gasteiger charge is -2.08. The number of ether oxygens (including phenoxy) is 2. The first-order chi connectivity index (χ1) is 12.1. The van der Waals surface area contributed by atoms with Gasteiger partial charge in [0.25, 0.3) is 5.91 Å². The van der Waals surface area contributed by atoms with Crippen LogP contribution in [0, 0.1) is 6.92 Å². The summed E-state index contributed by atoms with van der Waals surface area (Å²) < 4.78 is 12.7. The highest BCUT2D eigenvalue weighted by atomic mass is 16.5. The van der Waals surface area contributed by atoms with Gasteiger partial charge in [0, 0.05) is 12.6 Å². The first-order valence-electron chi connectivity index (χ1n) is 8.06. The predicted octanol–water partition coefficient (Wildman–Crippen LogP) is 2.70. The summed E-state index contributed by atoms with van der Waals surface area (Å²) in [6, 6.07) is 12.9. The molecule has 0 radical (unpaired) electrons. The lowest BCUT2D eigenvalue weighted by atomic mass is 10.2. The van der Waals surface area contributed by atoms with Crippen molar-refractivity contribution in [3.8, 4) is 11.5 Å². The number of nitrogens with zero attached hydrogens (tertiary/aromatic N) is 2. The molecule has 6 nitrogen and oxygen atoms in total. The molecule has 25 heavy (non-hydrogen) atoms. The molecule has 130 valence electrons. The number of methoxy groups -OCH3 is 1. The number of aromatic nitrogens is 2. The molecule has 0 aliphatic rings. The zero-order valence-electron chi connectivity index (χ0n) is 14.6. The average molecular weight is 339 g/mol. The van der Waals surface area contributed by atoms with Gasteiger partial charge in [0.15, 0.2) is 0 Å². The fourth-order valence-corrected chi connectivity index (χ4v) is 2.57. The second kappa shape index (κ2) is 7.25. The van der Waals surface area contributed by atoms with Crippen LogP contribution in [-0.2, 0) is 7.05 Å². The van der Waals surface area contributed by atoms with Crippen LogP contribution in [-0.4, -0.2) is 35.7 Å². The number of benzene rings is 2. The molecule has 3 aromatic rings. The summed E-state index contributed by atoms with van der Waals surface area (Å²) in [5.74, 6) is 2.30. The Hall–Kier alpha value is -3.02. The van der Waals surface area contributed by atoms with Crippen molar-refractivity contribution in [2.75, 3.05) is 20.3 Å². The van der Waals surface area contributed by atoms with Gasteiger partial charge in [-0.3, -0.25) is 4.79 Å².